The van der Waals surface area contributed by atoms with Crippen LogP contribution >= 0.6 is 11.3 Å². The summed E-state index contributed by atoms with van der Waals surface area (Å²) in [5.41, 5.74) is 2.28. The maximum absolute atomic E-state index is 4.50. The summed E-state index contributed by atoms with van der Waals surface area (Å²) in [5, 5.41) is 6.77. The average Bonchev–Trinajstić information content (AvgIpc) is 3.07. The van der Waals surface area contributed by atoms with E-state index in [4.69, 9.17) is 0 Å². The molecule has 1 atom stereocenters. The zero-order valence-electron chi connectivity index (χ0n) is 11.6. The molecule has 2 aromatic heterocycles. The van der Waals surface area contributed by atoms with E-state index in [1.807, 2.05) is 36.0 Å². The minimum atomic E-state index is 0.118. The topological polar surface area (TPSA) is 37.8 Å². The van der Waals surface area contributed by atoms with Crippen LogP contribution in [-0.2, 0) is 6.42 Å². The Labute approximate surface area is 128 Å². The van der Waals surface area contributed by atoms with Gasteiger partial charge >= 0.3 is 0 Å². The van der Waals surface area contributed by atoms with Gasteiger partial charge in [0.25, 0.3) is 0 Å². The fraction of sp³-hybridized carbons (Fsp3) is 0.176. The number of hydrogen-bond acceptors (Lipinski definition) is 4. The predicted octanol–water partition coefficient (Wildman–Crippen LogP) is 3.46. The van der Waals surface area contributed by atoms with Gasteiger partial charge in [-0.2, -0.15) is 0 Å². The minimum Gasteiger partial charge on any atom is -0.305 e. The van der Waals surface area contributed by atoms with Crippen LogP contribution in [0.1, 0.15) is 22.3 Å². The summed E-state index contributed by atoms with van der Waals surface area (Å²) in [6, 6.07) is 16.6. The molecule has 3 rings (SSSR count). The number of thiazole rings is 1. The standard InChI is InChI=1S/C17H17N3S/c1-2-6-14(7-3-1)17(15-8-4-5-10-18-15)20-11-9-16-19-12-13-21-16/h1-8,10,12-13,17,20H,9,11H2. The summed E-state index contributed by atoms with van der Waals surface area (Å²) in [5.74, 6) is 0. The van der Waals surface area contributed by atoms with E-state index in [-0.39, 0.29) is 6.04 Å². The van der Waals surface area contributed by atoms with Gasteiger partial charge in [-0.15, -0.1) is 11.3 Å². The molecule has 0 spiro atoms. The number of benzene rings is 1. The second-order valence-corrected chi connectivity index (χ2v) is 5.71. The molecule has 0 saturated carbocycles. The van der Waals surface area contributed by atoms with Crippen molar-refractivity contribution in [3.63, 3.8) is 0 Å². The number of nitrogens with one attached hydrogen (secondary N) is 1. The number of hydrogen-bond donors (Lipinski definition) is 1. The Kier molecular flexibility index (Phi) is 4.71. The first-order valence-corrected chi connectivity index (χ1v) is 7.89. The number of rotatable bonds is 6. The molecular weight excluding hydrogens is 278 g/mol. The fourth-order valence-electron chi connectivity index (χ4n) is 2.29. The van der Waals surface area contributed by atoms with E-state index >= 15 is 0 Å². The van der Waals surface area contributed by atoms with Crippen molar-refractivity contribution in [2.24, 2.45) is 0 Å². The molecule has 0 bridgehead atoms. The molecule has 1 unspecified atom stereocenters. The molecule has 0 amide bonds. The highest BCUT2D eigenvalue weighted by atomic mass is 32.1. The van der Waals surface area contributed by atoms with E-state index in [9.17, 15) is 0 Å². The van der Waals surface area contributed by atoms with Crippen LogP contribution < -0.4 is 5.32 Å². The van der Waals surface area contributed by atoms with Crippen LogP contribution in [0.15, 0.2) is 66.3 Å². The largest absolute Gasteiger partial charge is 0.305 e. The van der Waals surface area contributed by atoms with Crippen molar-refractivity contribution in [2.45, 2.75) is 12.5 Å². The lowest BCUT2D eigenvalue weighted by Gasteiger charge is -2.18. The van der Waals surface area contributed by atoms with Gasteiger partial charge in [-0.25, -0.2) is 4.98 Å². The van der Waals surface area contributed by atoms with Crippen LogP contribution in [0.5, 0.6) is 0 Å². The molecule has 1 aromatic carbocycles. The maximum Gasteiger partial charge on any atom is 0.0937 e. The van der Waals surface area contributed by atoms with Crippen molar-refractivity contribution in [1.29, 1.82) is 0 Å². The van der Waals surface area contributed by atoms with Crippen LogP contribution in [0.4, 0.5) is 0 Å². The van der Waals surface area contributed by atoms with Crippen molar-refractivity contribution in [3.8, 4) is 0 Å². The van der Waals surface area contributed by atoms with Crippen molar-refractivity contribution >= 4 is 11.3 Å². The lowest BCUT2D eigenvalue weighted by atomic mass is 10.0. The summed E-state index contributed by atoms with van der Waals surface area (Å²) >= 11 is 1.70. The molecule has 0 radical (unpaired) electrons. The van der Waals surface area contributed by atoms with Crippen LogP contribution in [0, 0.1) is 0 Å². The minimum absolute atomic E-state index is 0.118. The predicted molar refractivity (Wildman–Crippen MR) is 86.3 cm³/mol. The smallest absolute Gasteiger partial charge is 0.0937 e. The summed E-state index contributed by atoms with van der Waals surface area (Å²) in [6.07, 6.45) is 4.63. The normalized spacial score (nSPS) is 12.2. The molecule has 0 aliphatic rings. The van der Waals surface area contributed by atoms with Crippen molar-refractivity contribution < 1.29 is 0 Å². The second-order valence-electron chi connectivity index (χ2n) is 4.73. The van der Waals surface area contributed by atoms with Crippen molar-refractivity contribution in [2.75, 3.05) is 6.54 Å². The quantitative estimate of drug-likeness (QED) is 0.757. The average molecular weight is 295 g/mol. The Bertz CT molecular complexity index is 599. The highest BCUT2D eigenvalue weighted by Crippen LogP contribution is 2.19. The van der Waals surface area contributed by atoms with Gasteiger partial charge < -0.3 is 5.32 Å². The molecule has 1 N–H and O–H groups in total. The molecule has 3 nitrogen and oxygen atoms in total. The Hall–Kier alpha value is -2.04. The zero-order chi connectivity index (χ0) is 14.3. The molecule has 0 saturated heterocycles. The monoisotopic (exact) mass is 295 g/mol. The molecule has 106 valence electrons. The SMILES string of the molecule is c1ccc(C(NCCc2nccs2)c2ccccn2)cc1. The molecule has 0 fully saturated rings. The van der Waals surface area contributed by atoms with Crippen molar-refractivity contribution in [1.82, 2.24) is 15.3 Å². The third-order valence-electron chi connectivity index (χ3n) is 3.29. The highest BCUT2D eigenvalue weighted by Gasteiger charge is 2.14. The third kappa shape index (κ3) is 3.74. The van der Waals surface area contributed by atoms with Gasteiger partial charge in [-0.1, -0.05) is 36.4 Å². The Morgan fingerprint density at radius 2 is 1.81 bits per heavy atom. The first-order valence-electron chi connectivity index (χ1n) is 7.01. The van der Waals surface area contributed by atoms with Gasteiger partial charge in [0.15, 0.2) is 0 Å². The Morgan fingerprint density at radius 1 is 0.952 bits per heavy atom. The molecule has 21 heavy (non-hydrogen) atoms. The zero-order valence-corrected chi connectivity index (χ0v) is 12.5. The van der Waals surface area contributed by atoms with Crippen LogP contribution in [0.3, 0.4) is 0 Å². The summed E-state index contributed by atoms with van der Waals surface area (Å²) in [4.78, 5) is 8.82. The van der Waals surface area contributed by atoms with Crippen LogP contribution in [0.25, 0.3) is 0 Å². The van der Waals surface area contributed by atoms with Gasteiger partial charge in [0.05, 0.1) is 16.7 Å². The highest BCUT2D eigenvalue weighted by molar-refractivity contribution is 7.09. The van der Waals surface area contributed by atoms with E-state index in [1.165, 1.54) is 5.56 Å². The lowest BCUT2D eigenvalue weighted by Crippen LogP contribution is -2.25. The first-order chi connectivity index (χ1) is 10.4. The van der Waals surface area contributed by atoms with Gasteiger partial charge in [0.2, 0.25) is 0 Å². The summed E-state index contributed by atoms with van der Waals surface area (Å²) in [7, 11) is 0. The van der Waals surface area contributed by atoms with Crippen molar-refractivity contribution in [3.05, 3.63) is 82.6 Å². The summed E-state index contributed by atoms with van der Waals surface area (Å²) < 4.78 is 0. The summed E-state index contributed by atoms with van der Waals surface area (Å²) in [6.45, 7) is 0.879. The Balaban J connectivity index is 1.73. The van der Waals surface area contributed by atoms with E-state index in [0.29, 0.717) is 0 Å². The van der Waals surface area contributed by atoms with Gasteiger partial charge in [0, 0.05) is 30.7 Å². The maximum atomic E-state index is 4.50. The molecule has 4 heteroatoms. The van der Waals surface area contributed by atoms with E-state index in [1.54, 1.807) is 11.3 Å². The Morgan fingerprint density at radius 3 is 2.52 bits per heavy atom. The van der Waals surface area contributed by atoms with Gasteiger partial charge in [-0.05, 0) is 17.7 Å². The number of pyridine rings is 1. The lowest BCUT2D eigenvalue weighted by molar-refractivity contribution is 0.592. The first kappa shape index (κ1) is 13.9. The van der Waals surface area contributed by atoms with Gasteiger partial charge in [-0.3, -0.25) is 4.98 Å². The van der Waals surface area contributed by atoms with Crippen LogP contribution in [0.2, 0.25) is 0 Å². The number of nitrogens with zero attached hydrogens (tertiary/aromatic N) is 2. The molecular formula is C17H17N3S. The number of aromatic nitrogens is 2. The second kappa shape index (κ2) is 7.11. The van der Waals surface area contributed by atoms with E-state index in [0.717, 1.165) is 23.7 Å². The molecule has 2 heterocycles. The molecule has 0 aliphatic heterocycles. The molecule has 0 aliphatic carbocycles. The molecule has 3 aromatic rings. The van der Waals surface area contributed by atoms with E-state index < -0.39 is 0 Å². The van der Waals surface area contributed by atoms with Crippen LogP contribution in [-0.4, -0.2) is 16.5 Å². The van der Waals surface area contributed by atoms with Gasteiger partial charge in [0.1, 0.15) is 0 Å². The fourth-order valence-corrected chi connectivity index (χ4v) is 2.91. The van der Waals surface area contributed by atoms with E-state index in [2.05, 4.69) is 45.6 Å². The third-order valence-corrected chi connectivity index (χ3v) is 4.13.